The maximum Gasteiger partial charge on any atom is 0.240 e. The summed E-state index contributed by atoms with van der Waals surface area (Å²) in [7, 11) is -3.82. The van der Waals surface area contributed by atoms with Gasteiger partial charge in [-0.05, 0) is 42.8 Å². The Morgan fingerprint density at radius 3 is 2.50 bits per heavy atom. The second-order valence-electron chi connectivity index (χ2n) is 5.33. The first-order valence-corrected chi connectivity index (χ1v) is 9.95. The second kappa shape index (κ2) is 8.73. The van der Waals surface area contributed by atoms with Crippen LogP contribution in [0.2, 0.25) is 10.0 Å². The summed E-state index contributed by atoms with van der Waals surface area (Å²) in [6.45, 7) is 3.50. The normalized spacial score (nSPS) is 11.2. The van der Waals surface area contributed by atoms with Crippen LogP contribution < -0.4 is 14.8 Å². The third kappa shape index (κ3) is 5.35. The molecular weight excluding hydrogens is 399 g/mol. The third-order valence-corrected chi connectivity index (χ3v) is 5.33. The lowest BCUT2D eigenvalue weighted by molar-refractivity contribution is -0.114. The quantitative estimate of drug-likeness (QED) is 0.717. The average Bonchev–Trinajstić information content (AvgIpc) is 2.55. The van der Waals surface area contributed by atoms with Crippen LogP contribution in [0, 0.1) is 0 Å². The molecule has 2 N–H and O–H groups in total. The van der Waals surface area contributed by atoms with Crippen molar-refractivity contribution in [2.75, 3.05) is 11.9 Å². The van der Waals surface area contributed by atoms with Crippen molar-refractivity contribution in [3.05, 3.63) is 52.0 Å². The van der Waals surface area contributed by atoms with E-state index in [1.54, 1.807) is 25.1 Å². The molecule has 0 saturated heterocycles. The summed E-state index contributed by atoms with van der Waals surface area (Å²) >= 11 is 11.9. The molecule has 6 nitrogen and oxygen atoms in total. The fourth-order valence-electron chi connectivity index (χ4n) is 2.17. The Balaban J connectivity index is 2.25. The van der Waals surface area contributed by atoms with Crippen LogP contribution in [0.1, 0.15) is 19.4 Å². The molecule has 2 aromatic carbocycles. The monoisotopic (exact) mass is 416 g/mol. The minimum absolute atomic E-state index is 0.00101. The van der Waals surface area contributed by atoms with Crippen molar-refractivity contribution >= 4 is 44.8 Å². The van der Waals surface area contributed by atoms with E-state index in [9.17, 15) is 13.2 Å². The molecule has 0 aliphatic carbocycles. The van der Waals surface area contributed by atoms with E-state index in [0.717, 1.165) is 0 Å². The highest BCUT2D eigenvalue weighted by Crippen LogP contribution is 2.28. The molecule has 0 spiro atoms. The number of rotatable bonds is 7. The number of nitrogens with one attached hydrogen (secondary N) is 2. The van der Waals surface area contributed by atoms with Crippen molar-refractivity contribution in [2.45, 2.75) is 25.3 Å². The minimum Gasteiger partial charge on any atom is -0.492 e. The average molecular weight is 417 g/mol. The minimum atomic E-state index is -3.82. The predicted octanol–water partition coefficient (Wildman–Crippen LogP) is 3.83. The molecule has 26 heavy (non-hydrogen) atoms. The van der Waals surface area contributed by atoms with Gasteiger partial charge in [0.2, 0.25) is 15.9 Å². The molecule has 2 rings (SSSR count). The van der Waals surface area contributed by atoms with E-state index in [0.29, 0.717) is 28.0 Å². The van der Waals surface area contributed by atoms with Gasteiger partial charge in [0.25, 0.3) is 0 Å². The Hall–Kier alpha value is -1.80. The number of amides is 1. The van der Waals surface area contributed by atoms with Crippen LogP contribution >= 0.6 is 23.2 Å². The zero-order valence-corrected chi connectivity index (χ0v) is 16.5. The van der Waals surface area contributed by atoms with Crippen molar-refractivity contribution in [3.63, 3.8) is 0 Å². The zero-order valence-electron chi connectivity index (χ0n) is 14.2. The van der Waals surface area contributed by atoms with Crippen molar-refractivity contribution in [1.29, 1.82) is 0 Å². The Morgan fingerprint density at radius 1 is 1.15 bits per heavy atom. The standard InChI is InChI=1S/C17H18Cl2N2O4S/c1-3-25-17-7-6-14(9-16(17)21-11(2)22)26(23,24)20-10-12-4-5-13(18)8-15(12)19/h4-9,20H,3,10H2,1-2H3,(H,21,22). The van der Waals surface area contributed by atoms with Gasteiger partial charge in [0.15, 0.2) is 0 Å². The molecule has 0 atom stereocenters. The van der Waals surface area contributed by atoms with Gasteiger partial charge in [0.1, 0.15) is 5.75 Å². The molecule has 0 aromatic heterocycles. The van der Waals surface area contributed by atoms with Gasteiger partial charge >= 0.3 is 0 Å². The number of hydrogen-bond donors (Lipinski definition) is 2. The van der Waals surface area contributed by atoms with Gasteiger partial charge in [-0.25, -0.2) is 13.1 Å². The Morgan fingerprint density at radius 2 is 1.88 bits per heavy atom. The van der Waals surface area contributed by atoms with Crippen LogP contribution in [0.15, 0.2) is 41.3 Å². The molecule has 0 heterocycles. The highest BCUT2D eigenvalue weighted by atomic mass is 35.5. The summed E-state index contributed by atoms with van der Waals surface area (Å²) in [5, 5.41) is 3.40. The molecule has 0 fully saturated rings. The third-order valence-electron chi connectivity index (χ3n) is 3.34. The maximum absolute atomic E-state index is 12.6. The van der Waals surface area contributed by atoms with Crippen LogP contribution in [0.5, 0.6) is 5.75 Å². The largest absolute Gasteiger partial charge is 0.492 e. The molecule has 0 saturated carbocycles. The van der Waals surface area contributed by atoms with Crippen LogP contribution in [0.4, 0.5) is 5.69 Å². The lowest BCUT2D eigenvalue weighted by Gasteiger charge is -2.13. The molecule has 2 aromatic rings. The second-order valence-corrected chi connectivity index (χ2v) is 7.94. The smallest absolute Gasteiger partial charge is 0.240 e. The maximum atomic E-state index is 12.6. The van der Waals surface area contributed by atoms with E-state index in [-0.39, 0.29) is 23.0 Å². The number of ether oxygens (including phenoxy) is 1. The van der Waals surface area contributed by atoms with E-state index in [1.165, 1.54) is 25.1 Å². The van der Waals surface area contributed by atoms with Crippen LogP contribution in [0.25, 0.3) is 0 Å². The van der Waals surface area contributed by atoms with Crippen molar-refractivity contribution in [1.82, 2.24) is 4.72 Å². The van der Waals surface area contributed by atoms with Gasteiger partial charge in [-0.1, -0.05) is 29.3 Å². The van der Waals surface area contributed by atoms with Gasteiger partial charge in [-0.15, -0.1) is 0 Å². The van der Waals surface area contributed by atoms with Gasteiger partial charge in [-0.3, -0.25) is 4.79 Å². The predicted molar refractivity (Wildman–Crippen MR) is 102 cm³/mol. The van der Waals surface area contributed by atoms with Crippen LogP contribution in [-0.4, -0.2) is 20.9 Å². The number of hydrogen-bond acceptors (Lipinski definition) is 4. The van der Waals surface area contributed by atoms with Crippen molar-refractivity contribution in [3.8, 4) is 5.75 Å². The van der Waals surface area contributed by atoms with E-state index in [4.69, 9.17) is 27.9 Å². The van der Waals surface area contributed by atoms with Gasteiger partial charge in [-0.2, -0.15) is 0 Å². The number of carbonyl (C=O) groups is 1. The van der Waals surface area contributed by atoms with Crippen LogP contribution in [0.3, 0.4) is 0 Å². The summed E-state index contributed by atoms with van der Waals surface area (Å²) in [6, 6.07) is 9.06. The van der Waals surface area contributed by atoms with Crippen molar-refractivity contribution < 1.29 is 17.9 Å². The molecule has 9 heteroatoms. The fourth-order valence-corrected chi connectivity index (χ4v) is 3.67. The number of sulfonamides is 1. The van der Waals surface area contributed by atoms with E-state index < -0.39 is 10.0 Å². The first-order valence-electron chi connectivity index (χ1n) is 7.71. The summed E-state index contributed by atoms with van der Waals surface area (Å²) in [5.41, 5.74) is 0.874. The fraction of sp³-hybridized carbons (Fsp3) is 0.235. The molecule has 0 radical (unpaired) electrons. The molecule has 0 bridgehead atoms. The Bertz CT molecular complexity index is 917. The number of carbonyl (C=O) groups excluding carboxylic acids is 1. The molecule has 0 aliphatic rings. The number of halogens is 2. The summed E-state index contributed by atoms with van der Waals surface area (Å²) in [5.74, 6) is 0.0591. The topological polar surface area (TPSA) is 84.5 Å². The van der Waals surface area contributed by atoms with Gasteiger partial charge in [0.05, 0.1) is 17.2 Å². The number of benzene rings is 2. The Kier molecular flexibility index (Phi) is 6.88. The lowest BCUT2D eigenvalue weighted by atomic mass is 10.2. The Labute approximate surface area is 162 Å². The molecule has 0 aliphatic heterocycles. The van der Waals surface area contributed by atoms with E-state index in [2.05, 4.69) is 10.0 Å². The van der Waals surface area contributed by atoms with Gasteiger partial charge in [0, 0.05) is 23.5 Å². The van der Waals surface area contributed by atoms with Crippen molar-refractivity contribution in [2.24, 2.45) is 0 Å². The highest BCUT2D eigenvalue weighted by Gasteiger charge is 2.17. The zero-order chi connectivity index (χ0) is 19.3. The lowest BCUT2D eigenvalue weighted by Crippen LogP contribution is -2.23. The molecule has 0 unspecified atom stereocenters. The summed E-state index contributed by atoms with van der Waals surface area (Å²) in [6.07, 6.45) is 0. The highest BCUT2D eigenvalue weighted by molar-refractivity contribution is 7.89. The first-order chi connectivity index (χ1) is 12.2. The summed E-state index contributed by atoms with van der Waals surface area (Å²) in [4.78, 5) is 11.3. The van der Waals surface area contributed by atoms with E-state index in [1.807, 2.05) is 0 Å². The van der Waals surface area contributed by atoms with Gasteiger partial charge < -0.3 is 10.1 Å². The number of anilines is 1. The molecule has 140 valence electrons. The van der Waals surface area contributed by atoms with E-state index >= 15 is 0 Å². The SMILES string of the molecule is CCOc1ccc(S(=O)(=O)NCc2ccc(Cl)cc2Cl)cc1NC(C)=O. The first kappa shape index (κ1) is 20.5. The molecular formula is C17H18Cl2N2O4S. The molecule has 1 amide bonds. The van der Waals surface area contributed by atoms with Crippen LogP contribution in [-0.2, 0) is 21.4 Å². The summed E-state index contributed by atoms with van der Waals surface area (Å²) < 4.78 is 33.0.